The van der Waals surface area contributed by atoms with Crippen LogP contribution in [0.25, 0.3) is 0 Å². The highest BCUT2D eigenvalue weighted by Gasteiger charge is 2.44. The molecule has 3 amide bonds. The second-order valence-electron chi connectivity index (χ2n) is 14.4. The Morgan fingerprint density at radius 2 is 1.67 bits per heavy atom. The summed E-state index contributed by atoms with van der Waals surface area (Å²) in [6.07, 6.45) is 4.31. The van der Waals surface area contributed by atoms with Crippen LogP contribution < -0.4 is 10.1 Å². The number of rotatable bonds is 12. The lowest BCUT2D eigenvalue weighted by atomic mass is 9.69. The number of likely N-dealkylation sites (N-methyl/N-ethyl adjacent to an activating group) is 1. The molecule has 10 heteroatoms. The fraction of sp³-hybridized carbons (Fsp3) is 0.605. The second-order valence-corrected chi connectivity index (χ2v) is 14.4. The summed E-state index contributed by atoms with van der Waals surface area (Å²) in [4.78, 5) is 44.9. The van der Waals surface area contributed by atoms with E-state index in [9.17, 15) is 14.4 Å². The van der Waals surface area contributed by atoms with E-state index in [4.69, 9.17) is 18.9 Å². The van der Waals surface area contributed by atoms with Gasteiger partial charge >= 0.3 is 6.09 Å². The Balaban J connectivity index is 1.40. The Bertz CT molecular complexity index is 1370. The molecule has 3 aliphatic rings. The minimum absolute atomic E-state index is 0.0175. The van der Waals surface area contributed by atoms with E-state index in [0.717, 1.165) is 54.7 Å². The molecule has 3 heterocycles. The van der Waals surface area contributed by atoms with E-state index in [2.05, 4.69) is 17.4 Å². The molecule has 1 unspecified atom stereocenters. The number of carbonyl (C=O) groups is 3. The average Bonchev–Trinajstić information content (AvgIpc) is 3.60. The molecule has 2 aromatic rings. The van der Waals surface area contributed by atoms with Crippen LogP contribution in [0.2, 0.25) is 0 Å². The Morgan fingerprint density at radius 3 is 2.27 bits per heavy atom. The Morgan fingerprint density at radius 1 is 1.00 bits per heavy atom. The van der Waals surface area contributed by atoms with E-state index in [-0.39, 0.29) is 31.0 Å². The smallest absolute Gasteiger partial charge is 0.410 e. The molecule has 0 bridgehead atoms. The standard InChI is InChI=1S/C38H53N3O7/c1-6-40(25-29-14-13-21-46-29)35(43)28-22-27(23-41(24-28)36(44)48-37(2,3)4)34(42)39-26-38(19-11-12-20-45-5)30-15-7-9-17-32(30)47-33-18-10-8-16-31(33)38/h7-10,15-18,27-29H,6,11-14,19-26H2,1-5H3,(H,39,42)/t27-,28+,29?/m0/s1. The van der Waals surface area contributed by atoms with Crippen LogP contribution in [-0.4, -0.2) is 92.5 Å². The molecule has 2 aromatic carbocycles. The molecule has 0 aromatic heterocycles. The van der Waals surface area contributed by atoms with Crippen LogP contribution >= 0.6 is 0 Å². The number of fused-ring (bicyclic) bond motifs is 2. The summed E-state index contributed by atoms with van der Waals surface area (Å²) in [7, 11) is 1.71. The zero-order valence-electron chi connectivity index (χ0n) is 29.3. The number of carbonyl (C=O) groups excluding carboxylic acids is 3. The first-order chi connectivity index (χ1) is 23.0. The maximum absolute atomic E-state index is 14.2. The minimum atomic E-state index is -0.708. The lowest BCUT2D eigenvalue weighted by Gasteiger charge is -2.42. The lowest BCUT2D eigenvalue weighted by Crippen LogP contribution is -2.55. The number of likely N-dealkylation sites (tertiary alicyclic amines) is 1. The first-order valence-electron chi connectivity index (χ1n) is 17.6. The highest BCUT2D eigenvalue weighted by molar-refractivity contribution is 5.84. The van der Waals surface area contributed by atoms with Gasteiger partial charge < -0.3 is 34.1 Å². The quantitative estimate of drug-likeness (QED) is 0.282. The predicted octanol–water partition coefficient (Wildman–Crippen LogP) is 5.91. The van der Waals surface area contributed by atoms with Crippen molar-refractivity contribution in [3.8, 4) is 11.5 Å². The molecule has 2 fully saturated rings. The van der Waals surface area contributed by atoms with Gasteiger partial charge in [0.1, 0.15) is 17.1 Å². The minimum Gasteiger partial charge on any atom is -0.457 e. The third-order valence-electron chi connectivity index (χ3n) is 9.76. The number of hydrogen-bond donors (Lipinski definition) is 1. The molecular formula is C38H53N3O7. The SMILES string of the molecule is CCN(CC1CCCO1)C(=O)[C@@H]1C[C@H](C(=O)NCC2(CCCCOC)c3ccccc3Oc3ccccc32)CN(C(=O)OC(C)(C)C)C1. The molecule has 0 radical (unpaired) electrons. The van der Waals surface area contributed by atoms with Crippen molar-refractivity contribution in [3.05, 3.63) is 59.7 Å². The number of amides is 3. The molecule has 48 heavy (non-hydrogen) atoms. The second kappa shape index (κ2) is 15.7. The number of para-hydroxylation sites is 2. The van der Waals surface area contributed by atoms with Gasteiger partial charge in [-0.3, -0.25) is 9.59 Å². The largest absolute Gasteiger partial charge is 0.457 e. The van der Waals surface area contributed by atoms with E-state index < -0.39 is 28.9 Å². The number of unbranched alkanes of at least 4 members (excludes halogenated alkanes) is 1. The van der Waals surface area contributed by atoms with Gasteiger partial charge in [0.25, 0.3) is 0 Å². The number of hydrogen-bond acceptors (Lipinski definition) is 7. The van der Waals surface area contributed by atoms with Crippen LogP contribution in [-0.2, 0) is 29.2 Å². The molecule has 0 aliphatic carbocycles. The van der Waals surface area contributed by atoms with Crippen molar-refractivity contribution in [1.82, 2.24) is 15.1 Å². The van der Waals surface area contributed by atoms with Gasteiger partial charge in [0.05, 0.1) is 17.9 Å². The van der Waals surface area contributed by atoms with Gasteiger partial charge in [-0.25, -0.2) is 4.79 Å². The molecule has 262 valence electrons. The Labute approximate surface area is 285 Å². The van der Waals surface area contributed by atoms with E-state index >= 15 is 0 Å². The van der Waals surface area contributed by atoms with Gasteiger partial charge in [0.15, 0.2) is 0 Å². The highest BCUT2D eigenvalue weighted by atomic mass is 16.6. The summed E-state index contributed by atoms with van der Waals surface area (Å²) in [6.45, 7) is 10.6. The van der Waals surface area contributed by atoms with Crippen molar-refractivity contribution in [2.45, 2.75) is 83.3 Å². The zero-order chi connectivity index (χ0) is 34.3. The molecular weight excluding hydrogens is 610 g/mol. The molecule has 1 N–H and O–H groups in total. The van der Waals surface area contributed by atoms with Gasteiger partial charge in [0.2, 0.25) is 11.8 Å². The number of ether oxygens (including phenoxy) is 4. The van der Waals surface area contributed by atoms with Crippen LogP contribution in [0.3, 0.4) is 0 Å². The number of methoxy groups -OCH3 is 1. The number of nitrogens with one attached hydrogen (secondary N) is 1. The van der Waals surface area contributed by atoms with Crippen LogP contribution in [0, 0.1) is 11.8 Å². The number of nitrogens with zero attached hydrogens (tertiary/aromatic N) is 2. The van der Waals surface area contributed by atoms with Gasteiger partial charge in [-0.1, -0.05) is 36.4 Å². The lowest BCUT2D eigenvalue weighted by molar-refractivity contribution is -0.140. The molecule has 0 saturated carbocycles. The number of benzene rings is 2. The molecule has 10 nitrogen and oxygen atoms in total. The highest BCUT2D eigenvalue weighted by Crippen LogP contribution is 2.50. The van der Waals surface area contributed by atoms with E-state index in [1.165, 1.54) is 0 Å². The van der Waals surface area contributed by atoms with Crippen LogP contribution in [0.5, 0.6) is 11.5 Å². The zero-order valence-corrected chi connectivity index (χ0v) is 29.3. The summed E-state index contributed by atoms with van der Waals surface area (Å²) in [5.74, 6) is 0.209. The summed E-state index contributed by atoms with van der Waals surface area (Å²) in [5, 5.41) is 3.31. The summed E-state index contributed by atoms with van der Waals surface area (Å²) >= 11 is 0. The topological polar surface area (TPSA) is 107 Å². The van der Waals surface area contributed by atoms with Crippen molar-refractivity contribution in [3.63, 3.8) is 0 Å². The van der Waals surface area contributed by atoms with Crippen LogP contribution in [0.15, 0.2) is 48.5 Å². The first kappa shape index (κ1) is 35.7. The van der Waals surface area contributed by atoms with E-state index in [0.29, 0.717) is 39.3 Å². The number of piperidine rings is 1. The molecule has 3 atom stereocenters. The van der Waals surface area contributed by atoms with Gasteiger partial charge in [-0.2, -0.15) is 0 Å². The van der Waals surface area contributed by atoms with Gasteiger partial charge in [0, 0.05) is 69.6 Å². The van der Waals surface area contributed by atoms with E-state index in [1.807, 2.05) is 69.0 Å². The predicted molar refractivity (Wildman–Crippen MR) is 183 cm³/mol. The third-order valence-corrected chi connectivity index (χ3v) is 9.76. The average molecular weight is 664 g/mol. The summed E-state index contributed by atoms with van der Waals surface area (Å²) < 4.78 is 23.3. The molecule has 5 rings (SSSR count). The third kappa shape index (κ3) is 8.32. The molecule has 2 saturated heterocycles. The monoisotopic (exact) mass is 663 g/mol. The Kier molecular flexibility index (Phi) is 11.7. The van der Waals surface area contributed by atoms with Crippen molar-refractivity contribution >= 4 is 17.9 Å². The molecule has 0 spiro atoms. The Hall–Kier alpha value is -3.63. The fourth-order valence-electron chi connectivity index (χ4n) is 7.38. The van der Waals surface area contributed by atoms with Crippen molar-refractivity contribution < 1.29 is 33.3 Å². The maximum atomic E-state index is 14.2. The van der Waals surface area contributed by atoms with Gasteiger partial charge in [-0.05, 0) is 78.4 Å². The van der Waals surface area contributed by atoms with Crippen LogP contribution in [0.4, 0.5) is 4.79 Å². The molecule has 3 aliphatic heterocycles. The van der Waals surface area contributed by atoms with Crippen molar-refractivity contribution in [2.75, 3.05) is 53.0 Å². The first-order valence-corrected chi connectivity index (χ1v) is 17.6. The van der Waals surface area contributed by atoms with Gasteiger partial charge in [-0.15, -0.1) is 0 Å². The normalized spacial score (nSPS) is 21.4. The van der Waals surface area contributed by atoms with E-state index in [1.54, 1.807) is 12.0 Å². The van der Waals surface area contributed by atoms with Crippen LogP contribution in [0.1, 0.15) is 77.3 Å². The fourth-order valence-corrected chi connectivity index (χ4v) is 7.38. The van der Waals surface area contributed by atoms with Crippen molar-refractivity contribution in [1.29, 1.82) is 0 Å². The summed E-state index contributed by atoms with van der Waals surface area (Å²) in [5.41, 5.74) is 0.812. The summed E-state index contributed by atoms with van der Waals surface area (Å²) in [6, 6.07) is 16.1. The maximum Gasteiger partial charge on any atom is 0.410 e. The van der Waals surface area contributed by atoms with Crippen molar-refractivity contribution in [2.24, 2.45) is 11.8 Å².